The zero-order valence-electron chi connectivity index (χ0n) is 10.9. The molecule has 2 aliphatic heterocycles. The predicted octanol–water partition coefficient (Wildman–Crippen LogP) is -0.407. The van der Waals surface area contributed by atoms with Gasteiger partial charge in [-0.2, -0.15) is 17.0 Å². The molecule has 3 N–H and O–H groups in total. The molecule has 0 aromatic rings. The van der Waals surface area contributed by atoms with Crippen LogP contribution in [0.5, 0.6) is 0 Å². The van der Waals surface area contributed by atoms with Gasteiger partial charge in [0.25, 0.3) is 10.2 Å². The fourth-order valence-corrected chi connectivity index (χ4v) is 4.67. The number of rotatable bonds is 3. The Hall–Kier alpha value is -0.700. The number of hydrogen-bond donors (Lipinski definition) is 2. The van der Waals surface area contributed by atoms with E-state index in [2.05, 4.69) is 0 Å². The Morgan fingerprint density at radius 3 is 2.53 bits per heavy atom. The molecule has 2 aliphatic rings. The van der Waals surface area contributed by atoms with Gasteiger partial charge in [-0.3, -0.25) is 4.79 Å². The predicted molar refractivity (Wildman–Crippen MR) is 69.7 cm³/mol. The third-order valence-corrected chi connectivity index (χ3v) is 5.80. The molecule has 7 nitrogen and oxygen atoms in total. The topological polar surface area (TPSA) is 104 Å². The van der Waals surface area contributed by atoms with Gasteiger partial charge < -0.3 is 10.8 Å². The molecule has 2 fully saturated rings. The summed E-state index contributed by atoms with van der Waals surface area (Å²) in [5.74, 6) is -1.07. The molecule has 0 aromatic heterocycles. The molecular weight excluding hydrogens is 270 g/mol. The first-order valence-electron chi connectivity index (χ1n) is 6.68. The number of carbonyl (C=O) groups is 1. The summed E-state index contributed by atoms with van der Waals surface area (Å²) in [5, 5.41) is 9.17. The van der Waals surface area contributed by atoms with Crippen LogP contribution in [0, 0.1) is 0 Å². The molecule has 8 heteroatoms. The number of nitrogens with zero attached hydrogens (tertiary/aromatic N) is 2. The fraction of sp³-hybridized carbons (Fsp3) is 0.909. The van der Waals surface area contributed by atoms with E-state index in [0.29, 0.717) is 19.4 Å². The Kier molecular flexibility index (Phi) is 4.44. The van der Waals surface area contributed by atoms with Gasteiger partial charge in [0.2, 0.25) is 0 Å². The summed E-state index contributed by atoms with van der Waals surface area (Å²) in [4.78, 5) is 11.2. The zero-order valence-corrected chi connectivity index (χ0v) is 11.7. The lowest BCUT2D eigenvalue weighted by Crippen LogP contribution is -2.56. The van der Waals surface area contributed by atoms with E-state index in [1.54, 1.807) is 0 Å². The van der Waals surface area contributed by atoms with E-state index in [1.807, 2.05) is 0 Å². The van der Waals surface area contributed by atoms with Crippen LogP contribution in [-0.4, -0.2) is 59.8 Å². The highest BCUT2D eigenvalue weighted by Crippen LogP contribution is 2.24. The molecule has 0 radical (unpaired) electrons. The molecule has 110 valence electrons. The number of aliphatic carboxylic acids is 1. The summed E-state index contributed by atoms with van der Waals surface area (Å²) in [6, 6.07) is -1.09. The lowest BCUT2D eigenvalue weighted by molar-refractivity contribution is -0.142. The van der Waals surface area contributed by atoms with Gasteiger partial charge in [0.15, 0.2) is 0 Å². The van der Waals surface area contributed by atoms with Gasteiger partial charge in [-0.25, -0.2) is 0 Å². The summed E-state index contributed by atoms with van der Waals surface area (Å²) in [7, 11) is -3.71. The lowest BCUT2D eigenvalue weighted by atomic mass is 10.1. The normalized spacial score (nSPS) is 31.2. The SMILES string of the molecule is NC1CCCN(S(=O)(=O)N2CCCCC2C(=O)O)C1. The molecule has 2 heterocycles. The third kappa shape index (κ3) is 3.07. The first kappa shape index (κ1) is 14.7. The van der Waals surface area contributed by atoms with Crippen molar-refractivity contribution in [1.82, 2.24) is 8.61 Å². The Bertz CT molecular complexity index is 439. The van der Waals surface area contributed by atoms with Crippen LogP contribution in [0.2, 0.25) is 0 Å². The zero-order chi connectivity index (χ0) is 14.0. The quantitative estimate of drug-likeness (QED) is 0.736. The lowest BCUT2D eigenvalue weighted by Gasteiger charge is -2.38. The van der Waals surface area contributed by atoms with Crippen molar-refractivity contribution in [3.63, 3.8) is 0 Å². The van der Waals surface area contributed by atoms with Gasteiger partial charge >= 0.3 is 5.97 Å². The van der Waals surface area contributed by atoms with E-state index < -0.39 is 22.2 Å². The van der Waals surface area contributed by atoms with Gasteiger partial charge in [0.05, 0.1) is 0 Å². The summed E-state index contributed by atoms with van der Waals surface area (Å²) in [5.41, 5.74) is 5.80. The average Bonchev–Trinajstić information content (AvgIpc) is 2.38. The monoisotopic (exact) mass is 291 g/mol. The second kappa shape index (κ2) is 5.74. The Labute approximate surface area is 113 Å². The molecule has 0 bridgehead atoms. The van der Waals surface area contributed by atoms with E-state index >= 15 is 0 Å². The van der Waals surface area contributed by atoms with Gasteiger partial charge in [-0.15, -0.1) is 0 Å². The van der Waals surface area contributed by atoms with Crippen LogP contribution in [0.1, 0.15) is 32.1 Å². The molecule has 19 heavy (non-hydrogen) atoms. The number of piperidine rings is 2. The van der Waals surface area contributed by atoms with Gasteiger partial charge in [0, 0.05) is 25.7 Å². The van der Waals surface area contributed by atoms with E-state index in [4.69, 9.17) is 5.73 Å². The summed E-state index contributed by atoms with van der Waals surface area (Å²) >= 11 is 0. The Morgan fingerprint density at radius 1 is 1.16 bits per heavy atom. The van der Waals surface area contributed by atoms with Crippen molar-refractivity contribution in [2.45, 2.75) is 44.2 Å². The highest BCUT2D eigenvalue weighted by molar-refractivity contribution is 7.86. The first-order valence-corrected chi connectivity index (χ1v) is 8.08. The maximum atomic E-state index is 12.5. The molecular formula is C11H21N3O4S. The highest BCUT2D eigenvalue weighted by Gasteiger charge is 2.40. The Morgan fingerprint density at radius 2 is 1.89 bits per heavy atom. The van der Waals surface area contributed by atoms with Crippen LogP contribution < -0.4 is 5.73 Å². The first-order chi connectivity index (χ1) is 8.93. The maximum Gasteiger partial charge on any atom is 0.322 e. The van der Waals surface area contributed by atoms with Crippen LogP contribution in [-0.2, 0) is 15.0 Å². The molecule has 0 aromatic carbocycles. The van der Waals surface area contributed by atoms with Crippen LogP contribution in [0.25, 0.3) is 0 Å². The number of nitrogens with two attached hydrogens (primary N) is 1. The molecule has 2 rings (SSSR count). The minimum Gasteiger partial charge on any atom is -0.480 e. The summed E-state index contributed by atoms with van der Waals surface area (Å²) in [6.45, 7) is 0.995. The molecule has 2 atom stereocenters. The third-order valence-electron chi connectivity index (χ3n) is 3.78. The van der Waals surface area contributed by atoms with Gasteiger partial charge in [-0.1, -0.05) is 0 Å². The second-order valence-electron chi connectivity index (χ2n) is 5.23. The van der Waals surface area contributed by atoms with Crippen molar-refractivity contribution in [2.24, 2.45) is 5.73 Å². The van der Waals surface area contributed by atoms with Crippen molar-refractivity contribution in [3.05, 3.63) is 0 Å². The number of hydrogen-bond acceptors (Lipinski definition) is 4. The minimum atomic E-state index is -3.71. The minimum absolute atomic E-state index is 0.156. The largest absolute Gasteiger partial charge is 0.480 e. The van der Waals surface area contributed by atoms with E-state index in [0.717, 1.165) is 23.6 Å². The van der Waals surface area contributed by atoms with Gasteiger partial charge in [-0.05, 0) is 32.1 Å². The van der Waals surface area contributed by atoms with Crippen molar-refractivity contribution in [3.8, 4) is 0 Å². The van der Waals surface area contributed by atoms with E-state index in [1.165, 1.54) is 4.31 Å². The van der Waals surface area contributed by atoms with Crippen molar-refractivity contribution in [2.75, 3.05) is 19.6 Å². The Balaban J connectivity index is 2.19. The van der Waals surface area contributed by atoms with Crippen LogP contribution in [0.15, 0.2) is 0 Å². The molecule has 2 unspecified atom stereocenters. The van der Waals surface area contributed by atoms with Crippen molar-refractivity contribution >= 4 is 16.2 Å². The highest BCUT2D eigenvalue weighted by atomic mass is 32.2. The van der Waals surface area contributed by atoms with Crippen LogP contribution >= 0.6 is 0 Å². The smallest absolute Gasteiger partial charge is 0.322 e. The molecule has 0 saturated carbocycles. The fourth-order valence-electron chi connectivity index (χ4n) is 2.76. The van der Waals surface area contributed by atoms with Crippen LogP contribution in [0.4, 0.5) is 0 Å². The van der Waals surface area contributed by atoms with Gasteiger partial charge in [0.1, 0.15) is 6.04 Å². The van der Waals surface area contributed by atoms with Crippen LogP contribution in [0.3, 0.4) is 0 Å². The molecule has 2 saturated heterocycles. The molecule has 0 amide bonds. The maximum absolute atomic E-state index is 12.5. The average molecular weight is 291 g/mol. The summed E-state index contributed by atoms with van der Waals surface area (Å²) in [6.07, 6.45) is 3.39. The van der Waals surface area contributed by atoms with Crippen molar-refractivity contribution < 1.29 is 18.3 Å². The number of carboxylic acid groups (broad SMARTS) is 1. The molecule has 0 spiro atoms. The number of carboxylic acids is 1. The standard InChI is InChI=1S/C11H21N3O4S/c12-9-4-3-6-13(8-9)19(17,18)14-7-2-1-5-10(14)11(15)16/h9-10H,1-8,12H2,(H,15,16). The summed E-state index contributed by atoms with van der Waals surface area (Å²) < 4.78 is 27.5. The second-order valence-corrected chi connectivity index (χ2v) is 7.11. The van der Waals surface area contributed by atoms with Crippen molar-refractivity contribution in [1.29, 1.82) is 0 Å². The van der Waals surface area contributed by atoms with E-state index in [9.17, 15) is 18.3 Å². The molecule has 0 aliphatic carbocycles. The van der Waals surface area contributed by atoms with E-state index in [-0.39, 0.29) is 19.1 Å².